The Hall–Kier alpha value is -3.00. The molecule has 0 unspecified atom stereocenters. The van der Waals surface area contributed by atoms with Crippen LogP contribution in [0.4, 0.5) is 0 Å². The number of aromatic nitrogens is 4. The first-order valence-electron chi connectivity index (χ1n) is 10.2. The lowest BCUT2D eigenvalue weighted by molar-refractivity contribution is 0.0949. The van der Waals surface area contributed by atoms with Crippen LogP contribution in [0.1, 0.15) is 65.5 Å². The summed E-state index contributed by atoms with van der Waals surface area (Å²) in [5, 5.41) is 11.2. The summed E-state index contributed by atoms with van der Waals surface area (Å²) in [4.78, 5) is 22.3. The van der Waals surface area contributed by atoms with Gasteiger partial charge >= 0.3 is 0 Å². The molecule has 1 fully saturated rings. The van der Waals surface area contributed by atoms with Gasteiger partial charge in [0.15, 0.2) is 11.4 Å². The van der Waals surface area contributed by atoms with Crippen LogP contribution in [0, 0.1) is 6.92 Å². The number of fused-ring (bicyclic) bond motifs is 1. The van der Waals surface area contributed by atoms with Crippen molar-refractivity contribution in [2.24, 2.45) is 0 Å². The van der Waals surface area contributed by atoms with Crippen molar-refractivity contribution in [1.29, 1.82) is 0 Å². The van der Waals surface area contributed by atoms with Gasteiger partial charge in [-0.1, -0.05) is 0 Å². The molecule has 1 aliphatic carbocycles. The summed E-state index contributed by atoms with van der Waals surface area (Å²) in [5.74, 6) is 1.71. The zero-order valence-electron chi connectivity index (χ0n) is 17.2. The number of thiazole rings is 1. The smallest absolute Gasteiger partial charge is 0.252 e. The van der Waals surface area contributed by atoms with Crippen molar-refractivity contribution in [2.75, 3.05) is 0 Å². The molecular weight excluding hydrogens is 398 g/mol. The highest BCUT2D eigenvalue weighted by Gasteiger charge is 2.28. The second kappa shape index (κ2) is 7.36. The van der Waals surface area contributed by atoms with Crippen molar-refractivity contribution in [3.8, 4) is 11.5 Å². The molecule has 4 heterocycles. The molecule has 8 heteroatoms. The van der Waals surface area contributed by atoms with E-state index in [-0.39, 0.29) is 11.9 Å². The van der Waals surface area contributed by atoms with Crippen LogP contribution in [-0.2, 0) is 6.54 Å². The molecule has 154 valence electrons. The Bertz CT molecular complexity index is 1230. The van der Waals surface area contributed by atoms with Crippen LogP contribution >= 0.6 is 11.3 Å². The summed E-state index contributed by atoms with van der Waals surface area (Å²) in [6.45, 7) is 6.40. The molecule has 1 amide bonds. The molecule has 0 saturated heterocycles. The average molecular weight is 422 g/mol. The first-order valence-corrected chi connectivity index (χ1v) is 11.0. The van der Waals surface area contributed by atoms with Crippen molar-refractivity contribution in [3.63, 3.8) is 0 Å². The molecule has 7 nitrogen and oxygen atoms in total. The normalized spacial score (nSPS) is 14.0. The fourth-order valence-corrected chi connectivity index (χ4v) is 4.14. The van der Waals surface area contributed by atoms with Gasteiger partial charge in [0.2, 0.25) is 0 Å². The van der Waals surface area contributed by atoms with Gasteiger partial charge < -0.3 is 9.73 Å². The third-order valence-electron chi connectivity index (χ3n) is 5.27. The van der Waals surface area contributed by atoms with Crippen molar-refractivity contribution < 1.29 is 9.21 Å². The van der Waals surface area contributed by atoms with E-state index in [4.69, 9.17) is 9.40 Å². The molecule has 1 N–H and O–H groups in total. The number of hydrogen-bond acceptors (Lipinski definition) is 6. The third-order valence-corrected chi connectivity index (χ3v) is 6.05. The molecule has 0 bridgehead atoms. The second-order valence-electron chi connectivity index (χ2n) is 7.99. The van der Waals surface area contributed by atoms with Crippen molar-refractivity contribution in [3.05, 3.63) is 51.8 Å². The minimum Gasteiger partial charge on any atom is -0.458 e. The minimum absolute atomic E-state index is 0.143. The minimum atomic E-state index is -0.143. The highest BCUT2D eigenvalue weighted by Crippen LogP contribution is 2.40. The molecule has 0 spiro atoms. The number of carbonyl (C=O) groups excluding carboxylic acids is 1. The van der Waals surface area contributed by atoms with Gasteiger partial charge in [-0.3, -0.25) is 4.79 Å². The number of pyridine rings is 1. The number of carbonyl (C=O) groups is 1. The van der Waals surface area contributed by atoms with Gasteiger partial charge in [-0.2, -0.15) is 5.10 Å². The van der Waals surface area contributed by atoms with E-state index in [1.54, 1.807) is 17.5 Å². The average Bonchev–Trinajstić information content (AvgIpc) is 3.12. The summed E-state index contributed by atoms with van der Waals surface area (Å²) in [7, 11) is 0. The Labute approximate surface area is 178 Å². The predicted molar refractivity (Wildman–Crippen MR) is 116 cm³/mol. The van der Waals surface area contributed by atoms with E-state index in [0.29, 0.717) is 29.5 Å². The van der Waals surface area contributed by atoms with Gasteiger partial charge in [-0.25, -0.2) is 14.6 Å². The monoisotopic (exact) mass is 421 g/mol. The summed E-state index contributed by atoms with van der Waals surface area (Å²) in [6, 6.07) is 5.86. The van der Waals surface area contributed by atoms with Gasteiger partial charge in [0.05, 0.1) is 28.7 Å². The van der Waals surface area contributed by atoms with E-state index in [9.17, 15) is 4.79 Å². The van der Waals surface area contributed by atoms with Crippen LogP contribution in [-0.4, -0.2) is 25.7 Å². The lowest BCUT2D eigenvalue weighted by atomic mass is 10.1. The largest absolute Gasteiger partial charge is 0.458 e. The number of amides is 1. The Morgan fingerprint density at radius 3 is 2.87 bits per heavy atom. The maximum atomic E-state index is 13.1. The topological polar surface area (TPSA) is 85.8 Å². The molecule has 0 atom stereocenters. The first kappa shape index (κ1) is 19.0. The Kier molecular flexibility index (Phi) is 4.66. The lowest BCUT2D eigenvalue weighted by Gasteiger charge is -2.10. The zero-order chi connectivity index (χ0) is 20.8. The second-order valence-corrected chi connectivity index (χ2v) is 9.05. The van der Waals surface area contributed by atoms with E-state index in [0.717, 1.165) is 40.3 Å². The standard InChI is InChI=1S/C22H23N5O2S/c1-12(2)27-21-17(10-24-27)16(8-18(26-21)14-4-5-14)22(28)23-9-15-6-7-20(29-15)19-11-30-13(3)25-19/h6-8,10-12,14H,4-5,9H2,1-3H3,(H,23,28). The predicted octanol–water partition coefficient (Wildman–Crippen LogP) is 4.84. The molecule has 1 saturated carbocycles. The van der Waals surface area contributed by atoms with Gasteiger partial charge in [0.25, 0.3) is 5.91 Å². The molecule has 0 aromatic carbocycles. The van der Waals surface area contributed by atoms with E-state index < -0.39 is 0 Å². The number of furan rings is 1. The quantitative estimate of drug-likeness (QED) is 0.481. The molecule has 0 radical (unpaired) electrons. The van der Waals surface area contributed by atoms with E-state index >= 15 is 0 Å². The SMILES string of the molecule is Cc1nc(-c2ccc(CNC(=O)c3cc(C4CC4)nc4c3cnn4C(C)C)o2)cs1. The Morgan fingerprint density at radius 2 is 2.17 bits per heavy atom. The maximum Gasteiger partial charge on any atom is 0.252 e. The maximum absolute atomic E-state index is 13.1. The van der Waals surface area contributed by atoms with Gasteiger partial charge in [-0.05, 0) is 51.8 Å². The summed E-state index contributed by atoms with van der Waals surface area (Å²) in [6.07, 6.45) is 3.99. The van der Waals surface area contributed by atoms with Crippen molar-refractivity contribution in [2.45, 2.75) is 52.1 Å². The summed E-state index contributed by atoms with van der Waals surface area (Å²) >= 11 is 1.58. The van der Waals surface area contributed by atoms with Gasteiger partial charge in [0.1, 0.15) is 11.5 Å². The molecule has 30 heavy (non-hydrogen) atoms. The zero-order valence-corrected chi connectivity index (χ0v) is 18.0. The van der Waals surface area contributed by atoms with E-state index in [2.05, 4.69) is 29.2 Å². The fourth-order valence-electron chi connectivity index (χ4n) is 3.54. The number of nitrogens with zero attached hydrogens (tertiary/aromatic N) is 4. The van der Waals surface area contributed by atoms with Crippen molar-refractivity contribution >= 4 is 28.3 Å². The van der Waals surface area contributed by atoms with Crippen LogP contribution in [0.25, 0.3) is 22.5 Å². The number of rotatable bonds is 6. The van der Waals surface area contributed by atoms with Crippen LogP contribution in [0.3, 0.4) is 0 Å². The summed E-state index contributed by atoms with van der Waals surface area (Å²) < 4.78 is 7.75. The highest BCUT2D eigenvalue weighted by molar-refractivity contribution is 7.09. The Morgan fingerprint density at radius 1 is 1.33 bits per heavy atom. The molecule has 1 aliphatic rings. The van der Waals surface area contributed by atoms with Crippen molar-refractivity contribution in [1.82, 2.24) is 25.1 Å². The van der Waals surface area contributed by atoms with Crippen LogP contribution in [0.15, 0.2) is 34.2 Å². The fraction of sp³-hybridized carbons (Fsp3) is 0.364. The number of nitrogens with one attached hydrogen (secondary N) is 1. The summed E-state index contributed by atoms with van der Waals surface area (Å²) in [5.41, 5.74) is 3.20. The Balaban J connectivity index is 1.39. The van der Waals surface area contributed by atoms with Gasteiger partial charge in [-0.15, -0.1) is 11.3 Å². The molecular formula is C22H23N5O2S. The van der Waals surface area contributed by atoms with Crippen LogP contribution in [0.5, 0.6) is 0 Å². The molecule has 4 aromatic heterocycles. The number of hydrogen-bond donors (Lipinski definition) is 1. The lowest BCUT2D eigenvalue weighted by Crippen LogP contribution is -2.23. The van der Waals surface area contributed by atoms with E-state index in [1.807, 2.05) is 35.2 Å². The number of aryl methyl sites for hydroxylation is 1. The van der Waals surface area contributed by atoms with E-state index in [1.165, 1.54) is 0 Å². The molecule has 5 rings (SSSR count). The highest BCUT2D eigenvalue weighted by atomic mass is 32.1. The van der Waals surface area contributed by atoms with Crippen LogP contribution < -0.4 is 5.32 Å². The molecule has 4 aromatic rings. The van der Waals surface area contributed by atoms with Crippen LogP contribution in [0.2, 0.25) is 0 Å². The first-order chi connectivity index (χ1) is 14.5. The van der Waals surface area contributed by atoms with Gasteiger partial charge in [0, 0.05) is 23.0 Å². The molecule has 0 aliphatic heterocycles. The third kappa shape index (κ3) is 3.52.